The van der Waals surface area contributed by atoms with Gasteiger partial charge in [-0.3, -0.25) is 4.79 Å². The summed E-state index contributed by atoms with van der Waals surface area (Å²) in [6, 6.07) is 24.0. The van der Waals surface area contributed by atoms with Crippen molar-refractivity contribution in [2.75, 3.05) is 64.8 Å². The highest BCUT2D eigenvalue weighted by atomic mass is 16.5. The van der Waals surface area contributed by atoms with Gasteiger partial charge >= 0.3 is 0 Å². The van der Waals surface area contributed by atoms with Crippen molar-refractivity contribution in [1.82, 2.24) is 4.90 Å². The Morgan fingerprint density at radius 3 is 2.31 bits per heavy atom. The molecule has 0 saturated carbocycles. The van der Waals surface area contributed by atoms with Crippen molar-refractivity contribution in [2.45, 2.75) is 6.42 Å². The Morgan fingerprint density at radius 1 is 0.821 bits per heavy atom. The summed E-state index contributed by atoms with van der Waals surface area (Å²) in [5.41, 5.74) is 4.46. The number of anilines is 2. The first kappa shape index (κ1) is 26.4. The number of hydrogen-bond donors (Lipinski definition) is 1. The molecule has 0 atom stereocenters. The van der Waals surface area contributed by atoms with Gasteiger partial charge in [0.1, 0.15) is 5.75 Å². The smallest absolute Gasteiger partial charge is 0.228 e. The Bertz CT molecular complexity index is 1470. The number of carbonyl (C=O) groups excluding carboxylic acids is 1. The Hall–Kier alpha value is -4.23. The number of fused-ring (bicyclic) bond motifs is 1. The molecule has 0 aromatic heterocycles. The molecule has 1 N–H and O–H groups in total. The lowest BCUT2D eigenvalue weighted by Gasteiger charge is -2.35. The van der Waals surface area contributed by atoms with E-state index in [4.69, 9.17) is 14.2 Å². The molecule has 0 aliphatic carbocycles. The Kier molecular flexibility index (Phi) is 7.89. The molecule has 1 amide bonds. The van der Waals surface area contributed by atoms with E-state index in [2.05, 4.69) is 40.4 Å². The van der Waals surface area contributed by atoms with Crippen LogP contribution < -0.4 is 24.4 Å². The molecule has 1 heterocycles. The van der Waals surface area contributed by atoms with Crippen molar-refractivity contribution in [1.29, 1.82) is 0 Å². The summed E-state index contributed by atoms with van der Waals surface area (Å²) in [7, 11) is 7.07. The van der Waals surface area contributed by atoms with Crippen LogP contribution in [0.5, 0.6) is 17.2 Å². The van der Waals surface area contributed by atoms with E-state index in [-0.39, 0.29) is 12.3 Å². The van der Waals surface area contributed by atoms with E-state index in [1.807, 2.05) is 54.6 Å². The third-order valence-corrected chi connectivity index (χ3v) is 7.33. The van der Waals surface area contributed by atoms with Crippen LogP contribution in [0.4, 0.5) is 11.4 Å². The van der Waals surface area contributed by atoms with Crippen molar-refractivity contribution < 1.29 is 19.0 Å². The fourth-order valence-electron chi connectivity index (χ4n) is 5.23. The number of hydrogen-bond acceptors (Lipinski definition) is 6. The number of nitrogens with one attached hydrogen (secondary N) is 1. The first-order valence-electron chi connectivity index (χ1n) is 13.1. The standard InChI is InChI=1S/C32H35N3O4/c1-34-14-16-35(17-15-34)28-21-25(33-31(36)19-23-10-7-9-22-8-5-6-11-26(22)23)20-27(32(28)39-4)24-12-13-29(37-2)30(18-24)38-3/h5-13,18,20-21H,14-17,19H2,1-4H3,(H,33,36). The van der Waals surface area contributed by atoms with Gasteiger partial charge in [-0.2, -0.15) is 0 Å². The molecule has 0 bridgehead atoms. The molecular formula is C32H35N3O4. The highest BCUT2D eigenvalue weighted by Gasteiger charge is 2.23. The first-order valence-corrected chi connectivity index (χ1v) is 13.1. The van der Waals surface area contributed by atoms with E-state index >= 15 is 0 Å². The second kappa shape index (κ2) is 11.7. The van der Waals surface area contributed by atoms with Crippen LogP contribution in [0.2, 0.25) is 0 Å². The largest absolute Gasteiger partial charge is 0.494 e. The van der Waals surface area contributed by atoms with Gasteiger partial charge < -0.3 is 29.3 Å². The van der Waals surface area contributed by atoms with Crippen LogP contribution in [0.1, 0.15) is 5.56 Å². The molecule has 7 heteroatoms. The Morgan fingerprint density at radius 2 is 1.56 bits per heavy atom. The monoisotopic (exact) mass is 525 g/mol. The van der Waals surface area contributed by atoms with Crippen LogP contribution in [-0.2, 0) is 11.2 Å². The lowest BCUT2D eigenvalue weighted by molar-refractivity contribution is -0.115. The fraction of sp³-hybridized carbons (Fsp3) is 0.281. The van der Waals surface area contributed by atoms with Crippen molar-refractivity contribution in [3.8, 4) is 28.4 Å². The second-order valence-electron chi connectivity index (χ2n) is 9.80. The summed E-state index contributed by atoms with van der Waals surface area (Å²) in [5.74, 6) is 1.97. The third kappa shape index (κ3) is 5.64. The van der Waals surface area contributed by atoms with Gasteiger partial charge in [-0.05, 0) is 53.2 Å². The van der Waals surface area contributed by atoms with Crippen LogP contribution in [0.15, 0.2) is 72.8 Å². The predicted octanol–water partition coefficient (Wildman–Crippen LogP) is 5.47. The molecule has 0 spiro atoms. The van der Waals surface area contributed by atoms with E-state index in [0.29, 0.717) is 11.5 Å². The molecule has 7 nitrogen and oxygen atoms in total. The topological polar surface area (TPSA) is 63.3 Å². The van der Waals surface area contributed by atoms with E-state index in [1.54, 1.807) is 21.3 Å². The Balaban J connectivity index is 1.53. The number of methoxy groups -OCH3 is 3. The molecule has 5 rings (SSSR count). The van der Waals surface area contributed by atoms with Crippen molar-refractivity contribution in [3.63, 3.8) is 0 Å². The lowest BCUT2D eigenvalue weighted by Crippen LogP contribution is -2.44. The zero-order valence-electron chi connectivity index (χ0n) is 23.0. The number of rotatable bonds is 8. The maximum atomic E-state index is 13.3. The minimum Gasteiger partial charge on any atom is -0.494 e. The molecule has 1 saturated heterocycles. The van der Waals surface area contributed by atoms with Crippen LogP contribution in [0.3, 0.4) is 0 Å². The molecule has 0 unspecified atom stereocenters. The fourth-order valence-corrected chi connectivity index (χ4v) is 5.23. The van der Waals surface area contributed by atoms with Crippen molar-refractivity contribution in [2.24, 2.45) is 0 Å². The number of benzene rings is 4. The summed E-state index contributed by atoms with van der Waals surface area (Å²) in [6.45, 7) is 3.64. The number of piperazine rings is 1. The lowest BCUT2D eigenvalue weighted by atomic mass is 10.00. The maximum absolute atomic E-state index is 13.3. The SMILES string of the molecule is COc1ccc(-c2cc(NC(=O)Cc3cccc4ccccc34)cc(N3CCN(C)CC3)c2OC)cc1OC. The van der Waals surface area contributed by atoms with E-state index in [1.165, 1.54) is 0 Å². The number of nitrogens with zero attached hydrogens (tertiary/aromatic N) is 2. The molecule has 4 aromatic rings. The summed E-state index contributed by atoms with van der Waals surface area (Å²) in [4.78, 5) is 18.0. The van der Waals surface area contributed by atoms with Crippen molar-refractivity contribution in [3.05, 3.63) is 78.4 Å². The van der Waals surface area contributed by atoms with E-state index in [9.17, 15) is 4.79 Å². The average Bonchev–Trinajstić information content (AvgIpc) is 2.97. The number of ether oxygens (including phenoxy) is 3. The van der Waals surface area contributed by atoms with Gasteiger partial charge in [-0.15, -0.1) is 0 Å². The number of carbonyl (C=O) groups is 1. The summed E-state index contributed by atoms with van der Waals surface area (Å²) in [6.07, 6.45) is 0.281. The van der Waals surface area contributed by atoms with E-state index < -0.39 is 0 Å². The quantitative estimate of drug-likeness (QED) is 0.329. The second-order valence-corrected chi connectivity index (χ2v) is 9.80. The van der Waals surface area contributed by atoms with Gasteiger partial charge in [-0.1, -0.05) is 48.5 Å². The van der Waals surface area contributed by atoms with Gasteiger partial charge in [0.05, 0.1) is 33.4 Å². The third-order valence-electron chi connectivity index (χ3n) is 7.33. The molecule has 202 valence electrons. The molecule has 39 heavy (non-hydrogen) atoms. The molecular weight excluding hydrogens is 490 g/mol. The summed E-state index contributed by atoms with van der Waals surface area (Å²) >= 11 is 0. The maximum Gasteiger partial charge on any atom is 0.228 e. The molecule has 1 aliphatic heterocycles. The molecule has 1 fully saturated rings. The van der Waals surface area contributed by atoms with Crippen molar-refractivity contribution >= 4 is 28.1 Å². The molecule has 1 aliphatic rings. The minimum absolute atomic E-state index is 0.0703. The normalized spacial score (nSPS) is 13.8. The van der Waals surface area contributed by atoms with Gasteiger partial charge in [-0.25, -0.2) is 0 Å². The molecule has 4 aromatic carbocycles. The Labute approximate surface area is 229 Å². The van der Waals surface area contributed by atoms with Crippen LogP contribution >= 0.6 is 0 Å². The predicted molar refractivity (Wildman–Crippen MR) is 158 cm³/mol. The number of amides is 1. The zero-order chi connectivity index (χ0) is 27.4. The van der Waals surface area contributed by atoms with Gasteiger partial charge in [0, 0.05) is 37.4 Å². The average molecular weight is 526 g/mol. The van der Waals surface area contributed by atoms with Crippen LogP contribution in [0.25, 0.3) is 21.9 Å². The molecule has 0 radical (unpaired) electrons. The number of likely N-dealkylation sites (N-methyl/N-ethyl adjacent to an activating group) is 1. The highest BCUT2D eigenvalue weighted by molar-refractivity contribution is 5.98. The highest BCUT2D eigenvalue weighted by Crippen LogP contribution is 2.43. The zero-order valence-corrected chi connectivity index (χ0v) is 23.0. The minimum atomic E-state index is -0.0703. The van der Waals surface area contributed by atoms with Gasteiger partial charge in [0.15, 0.2) is 11.5 Å². The van der Waals surface area contributed by atoms with Crippen LogP contribution in [-0.4, -0.2) is 65.4 Å². The first-order chi connectivity index (χ1) is 19.0. The summed E-state index contributed by atoms with van der Waals surface area (Å²) < 4.78 is 17.0. The summed E-state index contributed by atoms with van der Waals surface area (Å²) in [5, 5.41) is 5.39. The van der Waals surface area contributed by atoms with E-state index in [0.717, 1.165) is 70.8 Å². The van der Waals surface area contributed by atoms with Gasteiger partial charge in [0.2, 0.25) is 5.91 Å². The van der Waals surface area contributed by atoms with Gasteiger partial charge in [0.25, 0.3) is 0 Å². The van der Waals surface area contributed by atoms with Crippen LogP contribution in [0, 0.1) is 0 Å².